The molecule has 2 rings (SSSR count). The van der Waals surface area contributed by atoms with Gasteiger partial charge in [0, 0.05) is 17.5 Å². The van der Waals surface area contributed by atoms with Crippen molar-refractivity contribution in [1.29, 1.82) is 0 Å². The lowest BCUT2D eigenvalue weighted by Crippen LogP contribution is -2.47. The molecule has 2 heteroatoms. The van der Waals surface area contributed by atoms with E-state index in [2.05, 4.69) is 51.2 Å². The molecule has 0 atom stereocenters. The molecule has 1 aromatic rings. The monoisotopic (exact) mass is 289 g/mol. The average molecular weight is 289 g/mol. The summed E-state index contributed by atoms with van der Waals surface area (Å²) in [6.07, 6.45) is 6.61. The summed E-state index contributed by atoms with van der Waals surface area (Å²) in [6.45, 7) is 9.92. The van der Waals surface area contributed by atoms with Crippen molar-refractivity contribution in [3.05, 3.63) is 29.3 Å². The van der Waals surface area contributed by atoms with E-state index in [1.165, 1.54) is 43.2 Å². The predicted molar refractivity (Wildman–Crippen MR) is 90.2 cm³/mol. The zero-order chi connectivity index (χ0) is 15.5. The maximum absolute atomic E-state index is 5.55. The van der Waals surface area contributed by atoms with E-state index >= 15 is 0 Å². The minimum absolute atomic E-state index is 0.166. The lowest BCUT2D eigenvalue weighted by Gasteiger charge is -2.40. The molecule has 0 amide bonds. The van der Waals surface area contributed by atoms with Crippen LogP contribution < -0.4 is 10.1 Å². The van der Waals surface area contributed by atoms with Gasteiger partial charge >= 0.3 is 0 Å². The zero-order valence-corrected chi connectivity index (χ0v) is 14.4. The quantitative estimate of drug-likeness (QED) is 0.875. The molecule has 1 aliphatic carbocycles. The third kappa shape index (κ3) is 4.00. The highest BCUT2D eigenvalue weighted by molar-refractivity contribution is 5.40. The second-order valence-corrected chi connectivity index (χ2v) is 7.63. The van der Waals surface area contributed by atoms with Crippen LogP contribution in [0.5, 0.6) is 5.75 Å². The van der Waals surface area contributed by atoms with Gasteiger partial charge < -0.3 is 10.1 Å². The van der Waals surface area contributed by atoms with Crippen LogP contribution in [0.1, 0.15) is 64.0 Å². The van der Waals surface area contributed by atoms with Crippen molar-refractivity contribution < 1.29 is 4.74 Å². The molecule has 0 spiro atoms. The summed E-state index contributed by atoms with van der Waals surface area (Å²) < 4.78 is 5.55. The summed E-state index contributed by atoms with van der Waals surface area (Å²) >= 11 is 0. The molecule has 1 saturated carbocycles. The molecular weight excluding hydrogens is 258 g/mol. The molecule has 0 saturated heterocycles. The van der Waals surface area contributed by atoms with Gasteiger partial charge in [-0.15, -0.1) is 0 Å². The molecule has 1 fully saturated rings. The van der Waals surface area contributed by atoms with Gasteiger partial charge in [0.15, 0.2) is 0 Å². The predicted octanol–water partition coefficient (Wildman–Crippen LogP) is 4.59. The first-order valence-electron chi connectivity index (χ1n) is 8.26. The van der Waals surface area contributed by atoms with Gasteiger partial charge in [-0.1, -0.05) is 31.4 Å². The highest BCUT2D eigenvalue weighted by atomic mass is 16.5. The summed E-state index contributed by atoms with van der Waals surface area (Å²) in [4.78, 5) is 0. The van der Waals surface area contributed by atoms with Crippen LogP contribution in [0, 0.1) is 6.92 Å². The molecule has 1 N–H and O–H groups in total. The number of hydrogen-bond acceptors (Lipinski definition) is 2. The Labute approximate surface area is 130 Å². The van der Waals surface area contributed by atoms with Crippen molar-refractivity contribution in [3.8, 4) is 5.75 Å². The Bertz CT molecular complexity index is 467. The number of nitrogens with one attached hydrogen (secondary N) is 1. The molecule has 2 nitrogen and oxygen atoms in total. The Kier molecular flexibility index (Phi) is 4.98. The van der Waals surface area contributed by atoms with Gasteiger partial charge in [-0.3, -0.25) is 0 Å². The van der Waals surface area contributed by atoms with E-state index in [-0.39, 0.29) is 11.0 Å². The molecule has 0 heterocycles. The van der Waals surface area contributed by atoms with Gasteiger partial charge in [-0.05, 0) is 57.7 Å². The van der Waals surface area contributed by atoms with Crippen LogP contribution in [-0.4, -0.2) is 19.2 Å². The van der Waals surface area contributed by atoms with E-state index in [9.17, 15) is 0 Å². The Morgan fingerprint density at radius 3 is 2.38 bits per heavy atom. The van der Waals surface area contributed by atoms with Crippen molar-refractivity contribution in [2.75, 3.05) is 13.7 Å². The van der Waals surface area contributed by atoms with Gasteiger partial charge in [0.25, 0.3) is 0 Å². The minimum atomic E-state index is 0.166. The lowest BCUT2D eigenvalue weighted by molar-refractivity contribution is 0.253. The van der Waals surface area contributed by atoms with Gasteiger partial charge in [-0.2, -0.15) is 0 Å². The molecular formula is C19H31NO. The fourth-order valence-electron chi connectivity index (χ4n) is 3.38. The summed E-state index contributed by atoms with van der Waals surface area (Å²) in [5, 5.41) is 3.74. The van der Waals surface area contributed by atoms with Crippen molar-refractivity contribution in [2.45, 2.75) is 70.8 Å². The van der Waals surface area contributed by atoms with E-state index in [4.69, 9.17) is 4.74 Å². The average Bonchev–Trinajstić information content (AvgIpc) is 2.46. The smallest absolute Gasteiger partial charge is 0.122 e. The second kappa shape index (κ2) is 6.39. The molecule has 0 aliphatic heterocycles. The zero-order valence-electron chi connectivity index (χ0n) is 14.4. The van der Waals surface area contributed by atoms with Crippen LogP contribution in [0.4, 0.5) is 0 Å². The third-order valence-electron chi connectivity index (χ3n) is 4.79. The highest BCUT2D eigenvalue weighted by Gasteiger charge is 2.35. The number of rotatable bonds is 4. The molecule has 118 valence electrons. The van der Waals surface area contributed by atoms with Crippen molar-refractivity contribution in [2.24, 2.45) is 0 Å². The lowest BCUT2D eigenvalue weighted by atomic mass is 9.69. The summed E-state index contributed by atoms with van der Waals surface area (Å²) in [6, 6.07) is 6.79. The maximum atomic E-state index is 5.55. The molecule has 0 unspecified atom stereocenters. The number of methoxy groups -OCH3 is 1. The van der Waals surface area contributed by atoms with Crippen LogP contribution in [0.15, 0.2) is 18.2 Å². The standard InChI is InChI=1S/C19H31NO/c1-15-9-10-16(13-17(15)21-5)19(11-7-6-8-12-19)14-20-18(2,3)4/h9-10,13,20H,6-8,11-12,14H2,1-5H3. The summed E-state index contributed by atoms with van der Waals surface area (Å²) in [5.41, 5.74) is 3.10. The van der Waals surface area contributed by atoms with Crippen LogP contribution in [0.2, 0.25) is 0 Å². The first-order valence-corrected chi connectivity index (χ1v) is 8.26. The van der Waals surface area contributed by atoms with Crippen LogP contribution in [0.3, 0.4) is 0 Å². The van der Waals surface area contributed by atoms with E-state index in [1.807, 2.05) is 0 Å². The molecule has 0 bridgehead atoms. The van der Waals surface area contributed by atoms with Crippen molar-refractivity contribution in [1.82, 2.24) is 5.32 Å². The minimum Gasteiger partial charge on any atom is -0.496 e. The molecule has 0 radical (unpaired) electrons. The van der Waals surface area contributed by atoms with Crippen molar-refractivity contribution >= 4 is 0 Å². The van der Waals surface area contributed by atoms with E-state index in [0.29, 0.717) is 0 Å². The topological polar surface area (TPSA) is 21.3 Å². The highest BCUT2D eigenvalue weighted by Crippen LogP contribution is 2.40. The van der Waals surface area contributed by atoms with E-state index in [0.717, 1.165) is 12.3 Å². The number of benzene rings is 1. The summed E-state index contributed by atoms with van der Waals surface area (Å²) in [5.74, 6) is 1.02. The Morgan fingerprint density at radius 1 is 1.14 bits per heavy atom. The van der Waals surface area contributed by atoms with Gasteiger partial charge in [-0.25, -0.2) is 0 Å². The Morgan fingerprint density at radius 2 is 1.81 bits per heavy atom. The first-order chi connectivity index (χ1) is 9.86. The number of ether oxygens (including phenoxy) is 1. The SMILES string of the molecule is COc1cc(C2(CNC(C)(C)C)CCCCC2)ccc1C. The maximum Gasteiger partial charge on any atom is 0.122 e. The fourth-order valence-corrected chi connectivity index (χ4v) is 3.38. The van der Waals surface area contributed by atoms with E-state index in [1.54, 1.807) is 7.11 Å². The molecule has 0 aromatic heterocycles. The summed E-state index contributed by atoms with van der Waals surface area (Å²) in [7, 11) is 1.77. The van der Waals surface area contributed by atoms with Crippen molar-refractivity contribution in [3.63, 3.8) is 0 Å². The van der Waals surface area contributed by atoms with Crippen LogP contribution in [0.25, 0.3) is 0 Å². The largest absolute Gasteiger partial charge is 0.496 e. The van der Waals surface area contributed by atoms with Crippen LogP contribution >= 0.6 is 0 Å². The fraction of sp³-hybridized carbons (Fsp3) is 0.684. The Hall–Kier alpha value is -1.02. The van der Waals surface area contributed by atoms with Gasteiger partial charge in [0.05, 0.1) is 7.11 Å². The first kappa shape index (κ1) is 16.4. The van der Waals surface area contributed by atoms with Crippen LogP contribution in [-0.2, 0) is 5.41 Å². The van der Waals surface area contributed by atoms with Gasteiger partial charge in [0.1, 0.15) is 5.75 Å². The Balaban J connectivity index is 2.30. The number of hydrogen-bond donors (Lipinski definition) is 1. The second-order valence-electron chi connectivity index (χ2n) is 7.63. The van der Waals surface area contributed by atoms with Gasteiger partial charge in [0.2, 0.25) is 0 Å². The van der Waals surface area contributed by atoms with E-state index < -0.39 is 0 Å². The number of aryl methyl sites for hydroxylation is 1. The normalized spacial score (nSPS) is 18.5. The molecule has 1 aliphatic rings. The molecule has 21 heavy (non-hydrogen) atoms. The molecule has 1 aromatic carbocycles. The third-order valence-corrected chi connectivity index (χ3v) is 4.79.